The molecule has 0 aliphatic heterocycles. The molecule has 0 spiro atoms. The van der Waals surface area contributed by atoms with Gasteiger partial charge in [-0.1, -0.05) is 18.2 Å². The third kappa shape index (κ3) is 2.76. The van der Waals surface area contributed by atoms with E-state index in [1.54, 1.807) is 0 Å². The molecule has 1 saturated carbocycles. The standard InChI is InChI=1S/C14H22N2/c1-11(12-7-8-12)16(2)10-9-13-5-3-4-6-14(13)15/h3-6,11-12H,7-10,15H2,1-2H3. The molecule has 1 unspecified atom stereocenters. The summed E-state index contributed by atoms with van der Waals surface area (Å²) in [5, 5.41) is 0. The average Bonchev–Trinajstić information content (AvgIpc) is 3.10. The summed E-state index contributed by atoms with van der Waals surface area (Å²) < 4.78 is 0. The van der Waals surface area contributed by atoms with Gasteiger partial charge in [0.25, 0.3) is 0 Å². The van der Waals surface area contributed by atoms with Crippen molar-refractivity contribution in [3.05, 3.63) is 29.8 Å². The van der Waals surface area contributed by atoms with Crippen LogP contribution in [-0.4, -0.2) is 24.5 Å². The van der Waals surface area contributed by atoms with Gasteiger partial charge in [0, 0.05) is 18.3 Å². The molecule has 1 aromatic carbocycles. The van der Waals surface area contributed by atoms with E-state index in [2.05, 4.69) is 31.0 Å². The van der Waals surface area contributed by atoms with Gasteiger partial charge in [0.1, 0.15) is 0 Å². The first-order valence-corrected chi connectivity index (χ1v) is 6.22. The first-order valence-electron chi connectivity index (χ1n) is 6.22. The molecule has 1 aromatic rings. The van der Waals surface area contributed by atoms with Gasteiger partial charge in [0.05, 0.1) is 0 Å². The van der Waals surface area contributed by atoms with E-state index in [1.165, 1.54) is 18.4 Å². The molecule has 1 atom stereocenters. The summed E-state index contributed by atoms with van der Waals surface area (Å²) in [6.07, 6.45) is 3.89. The number of likely N-dealkylation sites (N-methyl/N-ethyl adjacent to an activating group) is 1. The Morgan fingerprint density at radius 2 is 2.06 bits per heavy atom. The number of anilines is 1. The van der Waals surface area contributed by atoms with E-state index in [0.717, 1.165) is 30.6 Å². The van der Waals surface area contributed by atoms with Crippen LogP contribution in [0.2, 0.25) is 0 Å². The lowest BCUT2D eigenvalue weighted by Gasteiger charge is -2.24. The molecule has 2 heteroatoms. The van der Waals surface area contributed by atoms with Gasteiger partial charge in [-0.15, -0.1) is 0 Å². The number of rotatable bonds is 5. The minimum absolute atomic E-state index is 0.727. The van der Waals surface area contributed by atoms with Crippen molar-refractivity contribution < 1.29 is 0 Å². The van der Waals surface area contributed by atoms with Gasteiger partial charge in [-0.2, -0.15) is 0 Å². The van der Waals surface area contributed by atoms with Crippen LogP contribution in [0.4, 0.5) is 5.69 Å². The van der Waals surface area contributed by atoms with Crippen LogP contribution in [0.1, 0.15) is 25.3 Å². The minimum atomic E-state index is 0.727. The molecule has 1 aliphatic rings. The zero-order chi connectivity index (χ0) is 11.5. The maximum atomic E-state index is 5.94. The Morgan fingerprint density at radius 3 is 2.69 bits per heavy atom. The molecule has 2 nitrogen and oxygen atoms in total. The zero-order valence-electron chi connectivity index (χ0n) is 10.3. The Morgan fingerprint density at radius 1 is 1.38 bits per heavy atom. The Kier molecular flexibility index (Phi) is 3.49. The SMILES string of the molecule is CC(C1CC1)N(C)CCc1ccccc1N. The number of hydrogen-bond donors (Lipinski definition) is 1. The first kappa shape index (κ1) is 11.5. The molecule has 0 heterocycles. The van der Waals surface area contributed by atoms with Crippen LogP contribution in [0.3, 0.4) is 0 Å². The molecule has 0 amide bonds. The van der Waals surface area contributed by atoms with Crippen molar-refractivity contribution in [1.82, 2.24) is 4.90 Å². The fourth-order valence-corrected chi connectivity index (χ4v) is 2.20. The third-order valence-electron chi connectivity index (χ3n) is 3.79. The second-order valence-corrected chi connectivity index (χ2v) is 5.01. The highest BCUT2D eigenvalue weighted by atomic mass is 15.1. The smallest absolute Gasteiger partial charge is 0.0347 e. The molecule has 1 aliphatic carbocycles. The summed E-state index contributed by atoms with van der Waals surface area (Å²) in [5.74, 6) is 0.943. The summed E-state index contributed by atoms with van der Waals surface area (Å²) in [5.41, 5.74) is 8.14. The highest BCUT2D eigenvalue weighted by molar-refractivity contribution is 5.46. The van der Waals surface area contributed by atoms with Crippen molar-refractivity contribution in [3.63, 3.8) is 0 Å². The van der Waals surface area contributed by atoms with E-state index >= 15 is 0 Å². The van der Waals surface area contributed by atoms with Crippen LogP contribution in [0.5, 0.6) is 0 Å². The number of para-hydroxylation sites is 1. The average molecular weight is 218 g/mol. The maximum absolute atomic E-state index is 5.94. The van der Waals surface area contributed by atoms with Crippen LogP contribution < -0.4 is 5.73 Å². The molecular weight excluding hydrogens is 196 g/mol. The largest absolute Gasteiger partial charge is 0.399 e. The van der Waals surface area contributed by atoms with E-state index < -0.39 is 0 Å². The highest BCUT2D eigenvalue weighted by Crippen LogP contribution is 2.34. The monoisotopic (exact) mass is 218 g/mol. The molecule has 0 radical (unpaired) electrons. The van der Waals surface area contributed by atoms with Crippen LogP contribution in [0.25, 0.3) is 0 Å². The normalized spacial score (nSPS) is 17.7. The second-order valence-electron chi connectivity index (χ2n) is 5.01. The molecule has 0 saturated heterocycles. The first-order chi connectivity index (χ1) is 7.68. The number of nitrogens with two attached hydrogens (primary N) is 1. The lowest BCUT2D eigenvalue weighted by molar-refractivity contribution is 0.237. The van der Waals surface area contributed by atoms with Gasteiger partial charge < -0.3 is 10.6 Å². The Labute approximate surface area is 98.4 Å². The van der Waals surface area contributed by atoms with E-state index in [1.807, 2.05) is 12.1 Å². The van der Waals surface area contributed by atoms with E-state index in [-0.39, 0.29) is 0 Å². The van der Waals surface area contributed by atoms with Crippen LogP contribution in [0.15, 0.2) is 24.3 Å². The Balaban J connectivity index is 1.84. The van der Waals surface area contributed by atoms with Crippen molar-refractivity contribution in [2.24, 2.45) is 5.92 Å². The lowest BCUT2D eigenvalue weighted by Crippen LogP contribution is -2.32. The quantitative estimate of drug-likeness (QED) is 0.770. The van der Waals surface area contributed by atoms with Crippen molar-refractivity contribution in [1.29, 1.82) is 0 Å². The maximum Gasteiger partial charge on any atom is 0.0347 e. The van der Waals surface area contributed by atoms with Gasteiger partial charge in [-0.3, -0.25) is 0 Å². The van der Waals surface area contributed by atoms with Crippen molar-refractivity contribution in [2.75, 3.05) is 19.3 Å². The van der Waals surface area contributed by atoms with Crippen LogP contribution in [-0.2, 0) is 6.42 Å². The van der Waals surface area contributed by atoms with E-state index in [9.17, 15) is 0 Å². The number of nitrogens with zero attached hydrogens (tertiary/aromatic N) is 1. The second kappa shape index (κ2) is 4.88. The summed E-state index contributed by atoms with van der Waals surface area (Å²) >= 11 is 0. The summed E-state index contributed by atoms with van der Waals surface area (Å²) in [6, 6.07) is 8.90. The van der Waals surface area contributed by atoms with E-state index in [4.69, 9.17) is 5.73 Å². The van der Waals surface area contributed by atoms with Gasteiger partial charge in [0.15, 0.2) is 0 Å². The predicted molar refractivity (Wildman–Crippen MR) is 69.4 cm³/mol. The van der Waals surface area contributed by atoms with Gasteiger partial charge in [-0.25, -0.2) is 0 Å². The molecule has 2 N–H and O–H groups in total. The molecule has 88 valence electrons. The molecule has 2 rings (SSSR count). The molecule has 1 fully saturated rings. The predicted octanol–water partition coefficient (Wildman–Crippen LogP) is 2.54. The van der Waals surface area contributed by atoms with Crippen molar-refractivity contribution >= 4 is 5.69 Å². The Hall–Kier alpha value is -1.02. The van der Waals surface area contributed by atoms with Gasteiger partial charge in [-0.05, 0) is 50.8 Å². The van der Waals surface area contributed by atoms with Gasteiger partial charge in [0.2, 0.25) is 0 Å². The fraction of sp³-hybridized carbons (Fsp3) is 0.571. The van der Waals surface area contributed by atoms with Crippen LogP contribution >= 0.6 is 0 Å². The fourth-order valence-electron chi connectivity index (χ4n) is 2.20. The van der Waals surface area contributed by atoms with Crippen molar-refractivity contribution in [2.45, 2.75) is 32.2 Å². The van der Waals surface area contributed by atoms with Gasteiger partial charge >= 0.3 is 0 Å². The third-order valence-corrected chi connectivity index (χ3v) is 3.79. The molecule has 0 aromatic heterocycles. The lowest BCUT2D eigenvalue weighted by atomic mass is 10.1. The molecule has 0 bridgehead atoms. The number of benzene rings is 1. The summed E-state index contributed by atoms with van der Waals surface area (Å²) in [6.45, 7) is 3.44. The minimum Gasteiger partial charge on any atom is -0.399 e. The molecule has 16 heavy (non-hydrogen) atoms. The molecular formula is C14H22N2. The number of nitrogen functional groups attached to an aromatic ring is 1. The van der Waals surface area contributed by atoms with Crippen LogP contribution in [0, 0.1) is 5.92 Å². The van der Waals surface area contributed by atoms with Crippen molar-refractivity contribution in [3.8, 4) is 0 Å². The highest BCUT2D eigenvalue weighted by Gasteiger charge is 2.30. The van der Waals surface area contributed by atoms with E-state index in [0.29, 0.717) is 0 Å². The summed E-state index contributed by atoms with van der Waals surface area (Å²) in [7, 11) is 2.22. The number of hydrogen-bond acceptors (Lipinski definition) is 2. The Bertz CT molecular complexity index is 344. The topological polar surface area (TPSA) is 29.3 Å². The zero-order valence-corrected chi connectivity index (χ0v) is 10.3. The summed E-state index contributed by atoms with van der Waals surface area (Å²) in [4.78, 5) is 2.46.